The van der Waals surface area contributed by atoms with E-state index in [4.69, 9.17) is 5.73 Å². The fourth-order valence-corrected chi connectivity index (χ4v) is 1.17. The summed E-state index contributed by atoms with van der Waals surface area (Å²) in [5.74, 6) is 0.0599. The van der Waals surface area contributed by atoms with Crippen LogP contribution in [0.1, 0.15) is 19.3 Å². The van der Waals surface area contributed by atoms with Gasteiger partial charge in [-0.25, -0.2) is 0 Å². The Hall–Kier alpha value is -1.35. The minimum atomic E-state index is 0.0599. The molecule has 0 radical (unpaired) electrons. The van der Waals surface area contributed by atoms with Gasteiger partial charge in [-0.2, -0.15) is 0 Å². The summed E-state index contributed by atoms with van der Waals surface area (Å²) in [5, 5.41) is 2.82. The Morgan fingerprint density at radius 2 is 1.93 bits per heavy atom. The monoisotopic (exact) mass is 192 g/mol. The van der Waals surface area contributed by atoms with Gasteiger partial charge in [0.25, 0.3) is 0 Å². The number of nitrogens with one attached hydrogen (secondary N) is 1. The van der Waals surface area contributed by atoms with Crippen LogP contribution < -0.4 is 11.1 Å². The molecule has 0 bridgehead atoms. The number of nitrogens with two attached hydrogens (primary N) is 1. The summed E-state index contributed by atoms with van der Waals surface area (Å²) >= 11 is 0. The molecule has 0 heterocycles. The SMILES string of the molecule is NCCCCC(=O)Nc1ccccc1. The number of carbonyl (C=O) groups is 1. The van der Waals surface area contributed by atoms with E-state index in [1.54, 1.807) is 0 Å². The number of carbonyl (C=O) groups excluding carboxylic acids is 1. The standard InChI is InChI=1S/C11H16N2O/c12-9-5-4-8-11(14)13-10-6-2-1-3-7-10/h1-3,6-7H,4-5,8-9,12H2,(H,13,14). The fraction of sp³-hybridized carbons (Fsp3) is 0.364. The van der Waals surface area contributed by atoms with Crippen LogP contribution in [0.3, 0.4) is 0 Å². The maximum Gasteiger partial charge on any atom is 0.224 e. The number of hydrogen-bond acceptors (Lipinski definition) is 2. The zero-order valence-corrected chi connectivity index (χ0v) is 8.20. The third kappa shape index (κ3) is 4.05. The van der Waals surface area contributed by atoms with Crippen molar-refractivity contribution in [1.29, 1.82) is 0 Å². The molecule has 0 aliphatic heterocycles. The molecular formula is C11H16N2O. The highest BCUT2D eigenvalue weighted by atomic mass is 16.1. The van der Waals surface area contributed by atoms with Crippen LogP contribution in [0.5, 0.6) is 0 Å². The van der Waals surface area contributed by atoms with E-state index < -0.39 is 0 Å². The minimum Gasteiger partial charge on any atom is -0.330 e. The Morgan fingerprint density at radius 1 is 1.21 bits per heavy atom. The predicted octanol–water partition coefficient (Wildman–Crippen LogP) is 1.75. The van der Waals surface area contributed by atoms with Crippen LogP contribution in [0, 0.1) is 0 Å². The van der Waals surface area contributed by atoms with Crippen molar-refractivity contribution in [2.75, 3.05) is 11.9 Å². The zero-order valence-electron chi connectivity index (χ0n) is 8.20. The number of benzene rings is 1. The molecule has 3 N–H and O–H groups in total. The Labute approximate surface area is 84.3 Å². The molecule has 3 heteroatoms. The van der Waals surface area contributed by atoms with Crippen molar-refractivity contribution in [3.63, 3.8) is 0 Å². The predicted molar refractivity (Wildman–Crippen MR) is 58.0 cm³/mol. The smallest absolute Gasteiger partial charge is 0.224 e. The molecule has 1 aromatic carbocycles. The summed E-state index contributed by atoms with van der Waals surface area (Å²) in [6.45, 7) is 0.651. The molecule has 0 aliphatic rings. The van der Waals surface area contributed by atoms with Crippen molar-refractivity contribution >= 4 is 11.6 Å². The van der Waals surface area contributed by atoms with Gasteiger partial charge < -0.3 is 11.1 Å². The molecule has 1 amide bonds. The molecule has 0 fully saturated rings. The van der Waals surface area contributed by atoms with E-state index >= 15 is 0 Å². The molecule has 1 aromatic rings. The molecular weight excluding hydrogens is 176 g/mol. The zero-order chi connectivity index (χ0) is 10.2. The number of anilines is 1. The topological polar surface area (TPSA) is 55.1 Å². The van der Waals surface area contributed by atoms with Crippen molar-refractivity contribution in [2.24, 2.45) is 5.73 Å². The molecule has 0 aromatic heterocycles. The first-order valence-corrected chi connectivity index (χ1v) is 4.88. The van der Waals surface area contributed by atoms with E-state index in [1.807, 2.05) is 30.3 Å². The van der Waals surface area contributed by atoms with E-state index in [0.29, 0.717) is 13.0 Å². The molecule has 14 heavy (non-hydrogen) atoms. The normalized spacial score (nSPS) is 9.79. The highest BCUT2D eigenvalue weighted by Gasteiger charge is 2.00. The Bertz CT molecular complexity index is 272. The summed E-state index contributed by atoms with van der Waals surface area (Å²) in [6, 6.07) is 9.47. The minimum absolute atomic E-state index is 0.0599. The Morgan fingerprint density at radius 3 is 2.57 bits per heavy atom. The van der Waals surface area contributed by atoms with Gasteiger partial charge in [0.2, 0.25) is 5.91 Å². The van der Waals surface area contributed by atoms with Gasteiger partial charge in [0.05, 0.1) is 0 Å². The molecule has 0 aliphatic carbocycles. The van der Waals surface area contributed by atoms with Crippen molar-refractivity contribution in [3.8, 4) is 0 Å². The summed E-state index contributed by atoms with van der Waals surface area (Å²) < 4.78 is 0. The highest BCUT2D eigenvalue weighted by Crippen LogP contribution is 2.06. The molecule has 76 valence electrons. The molecule has 1 rings (SSSR count). The van der Waals surface area contributed by atoms with E-state index in [2.05, 4.69) is 5.32 Å². The maximum absolute atomic E-state index is 11.3. The number of para-hydroxylation sites is 1. The van der Waals surface area contributed by atoms with Crippen LogP contribution in [0.4, 0.5) is 5.69 Å². The van der Waals surface area contributed by atoms with Gasteiger partial charge in [0, 0.05) is 12.1 Å². The number of amides is 1. The quantitative estimate of drug-likeness (QED) is 0.698. The summed E-state index contributed by atoms with van der Waals surface area (Å²) in [7, 11) is 0. The lowest BCUT2D eigenvalue weighted by Crippen LogP contribution is -2.11. The van der Waals surface area contributed by atoms with E-state index in [1.165, 1.54) is 0 Å². The Balaban J connectivity index is 2.27. The second kappa shape index (κ2) is 6.16. The average molecular weight is 192 g/mol. The van der Waals surface area contributed by atoms with Crippen LogP contribution in [-0.4, -0.2) is 12.5 Å². The second-order valence-corrected chi connectivity index (χ2v) is 3.16. The van der Waals surface area contributed by atoms with Gasteiger partial charge in [-0.15, -0.1) is 0 Å². The first-order valence-electron chi connectivity index (χ1n) is 4.88. The molecule has 0 saturated heterocycles. The van der Waals surface area contributed by atoms with Gasteiger partial charge in [0.15, 0.2) is 0 Å². The molecule has 0 atom stereocenters. The third-order valence-electron chi connectivity index (χ3n) is 1.92. The van der Waals surface area contributed by atoms with Crippen molar-refractivity contribution < 1.29 is 4.79 Å². The van der Waals surface area contributed by atoms with Gasteiger partial charge in [-0.05, 0) is 31.5 Å². The molecule has 0 saturated carbocycles. The van der Waals surface area contributed by atoms with Crippen LogP contribution in [0.2, 0.25) is 0 Å². The second-order valence-electron chi connectivity index (χ2n) is 3.16. The van der Waals surface area contributed by atoms with Gasteiger partial charge in [-0.3, -0.25) is 4.79 Å². The van der Waals surface area contributed by atoms with Gasteiger partial charge in [-0.1, -0.05) is 18.2 Å². The van der Waals surface area contributed by atoms with E-state index in [0.717, 1.165) is 18.5 Å². The molecule has 3 nitrogen and oxygen atoms in total. The van der Waals surface area contributed by atoms with E-state index in [9.17, 15) is 4.79 Å². The average Bonchev–Trinajstić information content (AvgIpc) is 2.20. The van der Waals surface area contributed by atoms with E-state index in [-0.39, 0.29) is 5.91 Å². The summed E-state index contributed by atoms with van der Waals surface area (Å²) in [6.07, 6.45) is 2.31. The number of unbranched alkanes of at least 4 members (excludes halogenated alkanes) is 1. The van der Waals surface area contributed by atoms with Crippen LogP contribution in [0.25, 0.3) is 0 Å². The Kier molecular flexibility index (Phi) is 4.72. The number of rotatable bonds is 5. The molecule has 0 unspecified atom stereocenters. The lowest BCUT2D eigenvalue weighted by molar-refractivity contribution is -0.116. The van der Waals surface area contributed by atoms with Crippen LogP contribution in [-0.2, 0) is 4.79 Å². The van der Waals surface area contributed by atoms with Crippen LogP contribution in [0.15, 0.2) is 30.3 Å². The highest BCUT2D eigenvalue weighted by molar-refractivity contribution is 5.90. The summed E-state index contributed by atoms with van der Waals surface area (Å²) in [5.41, 5.74) is 6.19. The van der Waals surface area contributed by atoms with Crippen LogP contribution >= 0.6 is 0 Å². The number of hydrogen-bond donors (Lipinski definition) is 2. The third-order valence-corrected chi connectivity index (χ3v) is 1.92. The lowest BCUT2D eigenvalue weighted by Gasteiger charge is -2.03. The summed E-state index contributed by atoms with van der Waals surface area (Å²) in [4.78, 5) is 11.3. The van der Waals surface area contributed by atoms with Crippen molar-refractivity contribution in [3.05, 3.63) is 30.3 Å². The lowest BCUT2D eigenvalue weighted by atomic mass is 10.2. The maximum atomic E-state index is 11.3. The van der Waals surface area contributed by atoms with Crippen molar-refractivity contribution in [1.82, 2.24) is 0 Å². The molecule has 0 spiro atoms. The largest absolute Gasteiger partial charge is 0.330 e. The van der Waals surface area contributed by atoms with Crippen molar-refractivity contribution in [2.45, 2.75) is 19.3 Å². The first-order chi connectivity index (χ1) is 6.83. The fourth-order valence-electron chi connectivity index (χ4n) is 1.17. The van der Waals surface area contributed by atoms with Gasteiger partial charge >= 0.3 is 0 Å². The first kappa shape index (κ1) is 10.7. The van der Waals surface area contributed by atoms with Gasteiger partial charge in [0.1, 0.15) is 0 Å².